The Morgan fingerprint density at radius 2 is 1.74 bits per heavy atom. The zero-order valence-corrected chi connectivity index (χ0v) is 22.5. The van der Waals surface area contributed by atoms with E-state index in [-0.39, 0.29) is 23.4 Å². The number of imidazole rings is 1. The van der Waals surface area contributed by atoms with E-state index < -0.39 is 17.3 Å². The molecule has 2 N–H and O–H groups in total. The molecule has 38 heavy (non-hydrogen) atoms. The third kappa shape index (κ3) is 6.65. The molecule has 2 aromatic heterocycles. The van der Waals surface area contributed by atoms with Crippen LogP contribution < -0.4 is 10.6 Å². The van der Waals surface area contributed by atoms with Crippen LogP contribution in [0.25, 0.3) is 11.2 Å². The molecule has 1 amide bonds. The first-order valence-corrected chi connectivity index (χ1v) is 12.5. The van der Waals surface area contributed by atoms with Gasteiger partial charge in [-0.25, -0.2) is 14.8 Å². The van der Waals surface area contributed by atoms with Gasteiger partial charge in [0.05, 0.1) is 11.8 Å². The van der Waals surface area contributed by atoms with Crippen LogP contribution in [-0.2, 0) is 10.9 Å². The first-order valence-electron chi connectivity index (χ1n) is 12.5. The van der Waals surface area contributed by atoms with E-state index >= 15 is 0 Å². The topological polar surface area (TPSA) is 97.2 Å². The van der Waals surface area contributed by atoms with Gasteiger partial charge in [-0.1, -0.05) is 6.07 Å². The van der Waals surface area contributed by atoms with Gasteiger partial charge in [0.25, 0.3) is 0 Å². The van der Waals surface area contributed by atoms with Gasteiger partial charge < -0.3 is 20.3 Å². The summed E-state index contributed by atoms with van der Waals surface area (Å²) in [6.07, 6.45) is -2.05. The van der Waals surface area contributed by atoms with E-state index in [1.165, 1.54) is 6.07 Å². The maximum absolute atomic E-state index is 13.3. The Morgan fingerprint density at radius 1 is 1.05 bits per heavy atom. The van der Waals surface area contributed by atoms with E-state index in [0.29, 0.717) is 49.0 Å². The fourth-order valence-corrected chi connectivity index (χ4v) is 4.26. The lowest BCUT2D eigenvalue weighted by molar-refractivity contribution is -0.137. The molecule has 1 aliphatic rings. The van der Waals surface area contributed by atoms with E-state index in [9.17, 15) is 18.0 Å². The van der Waals surface area contributed by atoms with E-state index in [2.05, 4.69) is 20.6 Å². The van der Waals surface area contributed by atoms with Crippen molar-refractivity contribution in [2.75, 3.05) is 23.7 Å². The lowest BCUT2D eigenvalue weighted by atomic mass is 10.1. The number of piperidine rings is 1. The van der Waals surface area contributed by atoms with Crippen LogP contribution in [-0.4, -0.2) is 54.7 Å². The summed E-state index contributed by atoms with van der Waals surface area (Å²) < 4.78 is 47.3. The molecule has 0 unspecified atom stereocenters. The maximum atomic E-state index is 13.3. The van der Waals surface area contributed by atoms with Gasteiger partial charge in [0.1, 0.15) is 11.1 Å². The molecule has 0 bridgehead atoms. The Hall–Kier alpha value is -3.57. The lowest BCUT2D eigenvalue weighted by Gasteiger charge is -2.34. The first-order chi connectivity index (χ1) is 17.6. The van der Waals surface area contributed by atoms with E-state index in [1.807, 2.05) is 46.1 Å². The van der Waals surface area contributed by atoms with E-state index in [1.54, 1.807) is 17.2 Å². The zero-order chi connectivity index (χ0) is 27.9. The molecular weight excluding hydrogens is 499 g/mol. The van der Waals surface area contributed by atoms with Crippen molar-refractivity contribution in [1.29, 1.82) is 0 Å². The van der Waals surface area contributed by atoms with Crippen LogP contribution in [0.2, 0.25) is 0 Å². The van der Waals surface area contributed by atoms with Gasteiger partial charge in [-0.2, -0.15) is 18.2 Å². The molecule has 1 fully saturated rings. The molecule has 3 heterocycles. The highest BCUT2D eigenvalue weighted by atomic mass is 19.4. The van der Waals surface area contributed by atoms with Gasteiger partial charge >= 0.3 is 12.3 Å². The minimum Gasteiger partial charge on any atom is -0.444 e. The molecular formula is C26H34F3N7O2. The van der Waals surface area contributed by atoms with E-state index in [4.69, 9.17) is 9.72 Å². The largest absolute Gasteiger partial charge is 0.444 e. The highest BCUT2D eigenvalue weighted by molar-refractivity contribution is 5.77. The summed E-state index contributed by atoms with van der Waals surface area (Å²) in [6.45, 7) is 12.4. The number of carbonyl (C=O) groups excluding carboxylic acids is 1. The van der Waals surface area contributed by atoms with Crippen molar-refractivity contribution >= 4 is 34.8 Å². The molecule has 1 saturated heterocycles. The fraction of sp³-hybridized carbons (Fsp3) is 0.538. The zero-order valence-electron chi connectivity index (χ0n) is 22.5. The quantitative estimate of drug-likeness (QED) is 0.402. The first kappa shape index (κ1) is 27.5. The van der Waals surface area contributed by atoms with Crippen molar-refractivity contribution in [2.45, 2.75) is 77.7 Å². The van der Waals surface area contributed by atoms with Crippen molar-refractivity contribution in [1.82, 2.24) is 24.4 Å². The minimum absolute atomic E-state index is 0.107. The third-order valence-electron chi connectivity index (χ3n) is 5.85. The average Bonchev–Trinajstić information content (AvgIpc) is 3.13. The Kier molecular flexibility index (Phi) is 7.19. The summed E-state index contributed by atoms with van der Waals surface area (Å²) in [6, 6.07) is 4.87. The summed E-state index contributed by atoms with van der Waals surface area (Å²) >= 11 is 0. The van der Waals surface area contributed by atoms with Crippen LogP contribution in [0.15, 0.2) is 30.5 Å². The Balaban J connectivity index is 1.68. The number of aromatic nitrogens is 4. The molecule has 0 aliphatic carbocycles. The molecule has 0 atom stereocenters. The van der Waals surface area contributed by atoms with Crippen LogP contribution in [0.4, 0.5) is 35.5 Å². The number of anilines is 3. The third-order valence-corrected chi connectivity index (χ3v) is 5.85. The monoisotopic (exact) mass is 533 g/mol. The van der Waals surface area contributed by atoms with Crippen LogP contribution in [0.3, 0.4) is 0 Å². The van der Waals surface area contributed by atoms with Crippen LogP contribution >= 0.6 is 0 Å². The van der Waals surface area contributed by atoms with Crippen LogP contribution in [0, 0.1) is 0 Å². The molecule has 4 rings (SSSR count). The second kappa shape index (κ2) is 9.95. The molecule has 9 nitrogen and oxygen atoms in total. The number of carbonyl (C=O) groups is 1. The van der Waals surface area contributed by atoms with Gasteiger partial charge in [-0.3, -0.25) is 4.57 Å². The number of hydrogen-bond donors (Lipinski definition) is 2. The van der Waals surface area contributed by atoms with Gasteiger partial charge in [-0.15, -0.1) is 0 Å². The SMILES string of the molecule is CC(C)(C)Nc1ncc2nc(Nc3cccc(C(F)(F)F)c3)n(C3CCN(C(=O)OC(C)(C)C)CC3)c2n1. The highest BCUT2D eigenvalue weighted by Crippen LogP contribution is 2.34. The second-order valence-electron chi connectivity index (χ2n) is 11.5. The predicted molar refractivity (Wildman–Crippen MR) is 140 cm³/mol. The molecule has 0 radical (unpaired) electrons. The number of hydrogen-bond acceptors (Lipinski definition) is 7. The van der Waals surface area contributed by atoms with Gasteiger partial charge in [0.2, 0.25) is 11.9 Å². The normalized spacial score (nSPS) is 15.6. The van der Waals surface area contributed by atoms with Crippen LogP contribution in [0.5, 0.6) is 0 Å². The summed E-state index contributed by atoms with van der Waals surface area (Å²) in [4.78, 5) is 27.9. The average molecular weight is 534 g/mol. The Bertz CT molecular complexity index is 1300. The number of benzene rings is 1. The summed E-state index contributed by atoms with van der Waals surface area (Å²) in [5, 5.41) is 6.31. The molecule has 3 aromatic rings. The number of nitrogens with one attached hydrogen (secondary N) is 2. The number of alkyl halides is 3. The van der Waals surface area contributed by atoms with Gasteiger partial charge in [0, 0.05) is 30.4 Å². The maximum Gasteiger partial charge on any atom is 0.416 e. The summed E-state index contributed by atoms with van der Waals surface area (Å²) in [5.41, 5.74) is -0.318. The van der Waals surface area contributed by atoms with E-state index in [0.717, 1.165) is 12.1 Å². The number of rotatable bonds is 4. The van der Waals surface area contributed by atoms with Crippen molar-refractivity contribution in [3.8, 4) is 0 Å². The molecule has 206 valence electrons. The number of nitrogens with zero attached hydrogens (tertiary/aromatic N) is 5. The fourth-order valence-electron chi connectivity index (χ4n) is 4.26. The smallest absolute Gasteiger partial charge is 0.416 e. The lowest BCUT2D eigenvalue weighted by Crippen LogP contribution is -2.42. The van der Waals surface area contributed by atoms with Crippen molar-refractivity contribution in [3.05, 3.63) is 36.0 Å². The Morgan fingerprint density at radius 3 is 2.34 bits per heavy atom. The molecule has 1 aromatic carbocycles. The summed E-state index contributed by atoms with van der Waals surface area (Å²) in [7, 11) is 0. The molecule has 0 saturated carbocycles. The molecule has 12 heteroatoms. The number of likely N-dealkylation sites (tertiary alicyclic amines) is 1. The minimum atomic E-state index is -4.47. The second-order valence-corrected chi connectivity index (χ2v) is 11.5. The van der Waals surface area contributed by atoms with Crippen molar-refractivity contribution < 1.29 is 22.7 Å². The standard InChI is InChI=1S/C26H34F3N7O2/c1-24(2,3)34-21-30-15-19-20(33-21)36(18-10-12-35(13-11-18)23(37)38-25(4,5)6)22(32-19)31-17-9-7-8-16(14-17)26(27,28)29/h7-9,14-15,18H,10-13H2,1-6H3,(H,31,32)(H,30,33,34). The number of halogens is 3. The number of ether oxygens (including phenoxy) is 1. The number of amides is 1. The van der Waals surface area contributed by atoms with Gasteiger partial charge in [0.15, 0.2) is 5.65 Å². The predicted octanol–water partition coefficient (Wildman–Crippen LogP) is 6.37. The van der Waals surface area contributed by atoms with Crippen LogP contribution in [0.1, 0.15) is 66.0 Å². The van der Waals surface area contributed by atoms with Gasteiger partial charge in [-0.05, 0) is 72.6 Å². The highest BCUT2D eigenvalue weighted by Gasteiger charge is 2.32. The Labute approximate surface area is 219 Å². The summed E-state index contributed by atoms with van der Waals surface area (Å²) in [5.74, 6) is 0.778. The molecule has 0 spiro atoms. The number of fused-ring (bicyclic) bond motifs is 1. The van der Waals surface area contributed by atoms with Crippen molar-refractivity contribution in [3.63, 3.8) is 0 Å². The van der Waals surface area contributed by atoms with Crippen molar-refractivity contribution in [2.24, 2.45) is 0 Å². The molecule has 1 aliphatic heterocycles.